The summed E-state index contributed by atoms with van der Waals surface area (Å²) in [5, 5.41) is 10.2. The topological polar surface area (TPSA) is 8.17 Å². The Morgan fingerprint density at radius 1 is 0.320 bits per heavy atom. The standard InChI is InChI=1S/C48H32N2/c1-3-13-33(14-4-1)34-23-26-37(27-24-34)49(36-16-5-2-6-17-36)38-28-30-39(31-29-38)50-45-32-25-35-15-7-8-18-40(35)46(45)47-43-21-11-9-19-41(43)42-20-10-12-22-44(42)48(47)50/h1-32H. The first-order chi connectivity index (χ1) is 24.8. The molecule has 0 aliphatic heterocycles. The Labute approximate surface area is 290 Å². The van der Waals surface area contributed by atoms with Gasteiger partial charge in [0.15, 0.2) is 0 Å². The predicted molar refractivity (Wildman–Crippen MR) is 213 cm³/mol. The Balaban J connectivity index is 1.20. The number of rotatable bonds is 5. The molecule has 0 fully saturated rings. The second-order valence-corrected chi connectivity index (χ2v) is 12.9. The minimum absolute atomic E-state index is 1.11. The number of hydrogen-bond acceptors (Lipinski definition) is 1. The minimum atomic E-state index is 1.11. The third-order valence-corrected chi connectivity index (χ3v) is 10.1. The fraction of sp³-hybridized carbons (Fsp3) is 0. The Hall–Kier alpha value is -6.64. The lowest BCUT2D eigenvalue weighted by Gasteiger charge is -2.26. The molecule has 0 aliphatic carbocycles. The normalized spacial score (nSPS) is 11.6. The molecule has 0 saturated carbocycles. The maximum atomic E-state index is 2.48. The van der Waals surface area contributed by atoms with Gasteiger partial charge in [-0.05, 0) is 92.7 Å². The van der Waals surface area contributed by atoms with Crippen molar-refractivity contribution in [3.8, 4) is 16.8 Å². The van der Waals surface area contributed by atoms with Gasteiger partial charge in [-0.1, -0.05) is 140 Å². The van der Waals surface area contributed by atoms with E-state index in [1.165, 1.54) is 65.3 Å². The van der Waals surface area contributed by atoms with Crippen LogP contribution in [0.25, 0.3) is 70.9 Å². The van der Waals surface area contributed by atoms with E-state index in [0.717, 1.165) is 22.7 Å². The van der Waals surface area contributed by atoms with Crippen molar-refractivity contribution in [2.45, 2.75) is 0 Å². The summed E-state index contributed by atoms with van der Waals surface area (Å²) >= 11 is 0. The van der Waals surface area contributed by atoms with E-state index >= 15 is 0 Å². The first kappa shape index (κ1) is 28.4. The molecule has 0 saturated heterocycles. The first-order valence-electron chi connectivity index (χ1n) is 17.2. The van der Waals surface area contributed by atoms with E-state index in [1.54, 1.807) is 0 Å². The van der Waals surface area contributed by atoms with E-state index in [2.05, 4.69) is 204 Å². The van der Waals surface area contributed by atoms with Gasteiger partial charge in [-0.25, -0.2) is 0 Å². The molecular weight excluding hydrogens is 605 g/mol. The van der Waals surface area contributed by atoms with Crippen LogP contribution in [0.5, 0.6) is 0 Å². The highest BCUT2D eigenvalue weighted by Crippen LogP contribution is 2.45. The zero-order chi connectivity index (χ0) is 33.0. The number of para-hydroxylation sites is 1. The number of nitrogens with zero attached hydrogens (tertiary/aromatic N) is 2. The Morgan fingerprint density at radius 2 is 0.820 bits per heavy atom. The van der Waals surface area contributed by atoms with E-state index in [-0.39, 0.29) is 0 Å². The highest BCUT2D eigenvalue weighted by atomic mass is 15.1. The zero-order valence-electron chi connectivity index (χ0n) is 27.4. The molecule has 0 amide bonds. The van der Waals surface area contributed by atoms with E-state index in [0.29, 0.717) is 0 Å². The second-order valence-electron chi connectivity index (χ2n) is 12.9. The predicted octanol–water partition coefficient (Wildman–Crippen LogP) is 13.4. The van der Waals surface area contributed by atoms with Crippen molar-refractivity contribution in [3.05, 3.63) is 194 Å². The van der Waals surface area contributed by atoms with Crippen molar-refractivity contribution < 1.29 is 0 Å². The molecule has 0 spiro atoms. The maximum absolute atomic E-state index is 2.48. The zero-order valence-corrected chi connectivity index (χ0v) is 27.4. The van der Waals surface area contributed by atoms with E-state index in [1.807, 2.05) is 0 Å². The van der Waals surface area contributed by atoms with Crippen LogP contribution >= 0.6 is 0 Å². The minimum Gasteiger partial charge on any atom is -0.311 e. The molecule has 0 aliphatic rings. The van der Waals surface area contributed by atoms with Crippen molar-refractivity contribution >= 4 is 71.2 Å². The molecule has 50 heavy (non-hydrogen) atoms. The molecule has 0 atom stereocenters. The molecule has 2 nitrogen and oxygen atoms in total. The SMILES string of the molecule is c1ccc(-c2ccc(N(c3ccccc3)c3ccc(-n4c5ccc6ccccc6c5c5c6ccccc6c6ccccc6c54)cc3)cc2)cc1. The molecule has 0 N–H and O–H groups in total. The molecule has 0 unspecified atom stereocenters. The van der Waals surface area contributed by atoms with Crippen LogP contribution in [0, 0.1) is 0 Å². The van der Waals surface area contributed by atoms with Crippen LogP contribution in [0.1, 0.15) is 0 Å². The molecule has 9 aromatic carbocycles. The van der Waals surface area contributed by atoms with Gasteiger partial charge in [0, 0.05) is 38.9 Å². The molecule has 234 valence electrons. The molecule has 1 heterocycles. The van der Waals surface area contributed by atoms with E-state index in [4.69, 9.17) is 0 Å². The number of hydrogen-bond donors (Lipinski definition) is 0. The van der Waals surface area contributed by atoms with Gasteiger partial charge in [-0.15, -0.1) is 0 Å². The van der Waals surface area contributed by atoms with Gasteiger partial charge in [-0.2, -0.15) is 0 Å². The van der Waals surface area contributed by atoms with Gasteiger partial charge in [0.1, 0.15) is 0 Å². The van der Waals surface area contributed by atoms with Crippen molar-refractivity contribution in [3.63, 3.8) is 0 Å². The fourth-order valence-corrected chi connectivity index (χ4v) is 7.91. The van der Waals surface area contributed by atoms with Gasteiger partial charge >= 0.3 is 0 Å². The third-order valence-electron chi connectivity index (χ3n) is 10.1. The molecule has 1 aromatic heterocycles. The van der Waals surface area contributed by atoms with Crippen molar-refractivity contribution in [1.82, 2.24) is 4.57 Å². The summed E-state index contributed by atoms with van der Waals surface area (Å²) in [5.74, 6) is 0. The lowest BCUT2D eigenvalue weighted by Crippen LogP contribution is -2.10. The summed E-state index contributed by atoms with van der Waals surface area (Å²) in [6.07, 6.45) is 0. The molecule has 10 aromatic rings. The second kappa shape index (κ2) is 11.5. The van der Waals surface area contributed by atoms with Crippen molar-refractivity contribution in [1.29, 1.82) is 0 Å². The van der Waals surface area contributed by atoms with Gasteiger partial charge in [-0.3, -0.25) is 0 Å². The average Bonchev–Trinajstić information content (AvgIpc) is 3.56. The van der Waals surface area contributed by atoms with Crippen LogP contribution < -0.4 is 4.90 Å². The summed E-state index contributed by atoms with van der Waals surface area (Å²) in [6.45, 7) is 0. The summed E-state index contributed by atoms with van der Waals surface area (Å²) in [6, 6.07) is 70.3. The monoisotopic (exact) mass is 636 g/mol. The van der Waals surface area contributed by atoms with Crippen LogP contribution in [0.15, 0.2) is 194 Å². The van der Waals surface area contributed by atoms with Gasteiger partial charge in [0.2, 0.25) is 0 Å². The maximum Gasteiger partial charge on any atom is 0.0626 e. The van der Waals surface area contributed by atoms with Crippen molar-refractivity contribution in [2.75, 3.05) is 4.90 Å². The van der Waals surface area contributed by atoms with Crippen molar-refractivity contribution in [2.24, 2.45) is 0 Å². The fourth-order valence-electron chi connectivity index (χ4n) is 7.91. The Kier molecular flexibility index (Phi) is 6.53. The third kappa shape index (κ3) is 4.43. The summed E-state index contributed by atoms with van der Waals surface area (Å²) in [5.41, 5.74) is 9.35. The number of anilines is 3. The highest BCUT2D eigenvalue weighted by molar-refractivity contribution is 6.35. The van der Waals surface area contributed by atoms with Gasteiger partial charge in [0.05, 0.1) is 11.0 Å². The Bertz CT molecular complexity index is 2830. The molecule has 0 radical (unpaired) electrons. The summed E-state index contributed by atoms with van der Waals surface area (Å²) in [7, 11) is 0. The molecular formula is C48H32N2. The average molecular weight is 637 g/mol. The molecule has 2 heteroatoms. The first-order valence-corrected chi connectivity index (χ1v) is 17.2. The van der Waals surface area contributed by atoms with Crippen LogP contribution in [-0.4, -0.2) is 4.57 Å². The summed E-state index contributed by atoms with van der Waals surface area (Å²) in [4.78, 5) is 2.33. The number of aromatic nitrogens is 1. The van der Waals surface area contributed by atoms with Crippen LogP contribution in [0.2, 0.25) is 0 Å². The van der Waals surface area contributed by atoms with Gasteiger partial charge < -0.3 is 9.47 Å². The van der Waals surface area contributed by atoms with E-state index in [9.17, 15) is 0 Å². The summed E-state index contributed by atoms with van der Waals surface area (Å²) < 4.78 is 2.48. The number of benzene rings is 9. The Morgan fingerprint density at radius 3 is 1.52 bits per heavy atom. The number of fused-ring (bicyclic) bond motifs is 10. The van der Waals surface area contributed by atoms with Gasteiger partial charge in [0.25, 0.3) is 0 Å². The lowest BCUT2D eigenvalue weighted by atomic mass is 9.95. The van der Waals surface area contributed by atoms with Crippen LogP contribution in [0.3, 0.4) is 0 Å². The van der Waals surface area contributed by atoms with Crippen LogP contribution in [-0.2, 0) is 0 Å². The highest BCUT2D eigenvalue weighted by Gasteiger charge is 2.21. The quantitative estimate of drug-likeness (QED) is 0.171. The molecule has 10 rings (SSSR count). The molecule has 0 bridgehead atoms. The smallest absolute Gasteiger partial charge is 0.0626 e. The largest absolute Gasteiger partial charge is 0.311 e. The van der Waals surface area contributed by atoms with Crippen LogP contribution in [0.4, 0.5) is 17.1 Å². The van der Waals surface area contributed by atoms with E-state index < -0.39 is 0 Å². The lowest BCUT2D eigenvalue weighted by molar-refractivity contribution is 1.18.